The first-order valence-electron chi connectivity index (χ1n) is 12.2. The number of thiophene rings is 2. The highest BCUT2D eigenvalue weighted by Gasteiger charge is 2.35. The van der Waals surface area contributed by atoms with E-state index >= 15 is 0 Å². The maximum Gasteiger partial charge on any atom is 0.265 e. The van der Waals surface area contributed by atoms with Crippen molar-refractivity contribution in [1.29, 1.82) is 0 Å². The summed E-state index contributed by atoms with van der Waals surface area (Å²) in [5.74, 6) is -0.650. The Balaban J connectivity index is 1.20. The Bertz CT molecular complexity index is 1990. The summed E-state index contributed by atoms with van der Waals surface area (Å²) in [6.45, 7) is 0. The topological polar surface area (TPSA) is 92.3 Å². The number of fused-ring (bicyclic) bond motifs is 5. The quantitative estimate of drug-likeness (QED) is 0.190. The third kappa shape index (κ3) is 4.52. The lowest BCUT2D eigenvalue weighted by Gasteiger charge is -2.10. The molecule has 3 heterocycles. The summed E-state index contributed by atoms with van der Waals surface area (Å²) in [6.07, 6.45) is 0. The van der Waals surface area contributed by atoms with Crippen molar-refractivity contribution in [1.82, 2.24) is 0 Å². The molecule has 0 saturated carbocycles. The van der Waals surface area contributed by atoms with Crippen molar-refractivity contribution in [2.45, 2.75) is 9.79 Å². The molecule has 1 aliphatic heterocycles. The molecule has 7 rings (SSSR count). The van der Waals surface area contributed by atoms with Crippen molar-refractivity contribution in [2.24, 2.45) is 0 Å². The van der Waals surface area contributed by atoms with E-state index in [0.717, 1.165) is 20.2 Å². The van der Waals surface area contributed by atoms with Crippen molar-refractivity contribution in [3.8, 4) is 11.1 Å². The van der Waals surface area contributed by atoms with Gasteiger partial charge >= 0.3 is 0 Å². The molecule has 0 atom stereocenters. The van der Waals surface area contributed by atoms with Gasteiger partial charge in [-0.05, 0) is 91.2 Å². The second-order valence-electron chi connectivity index (χ2n) is 9.37. The lowest BCUT2D eigenvalue weighted by atomic mass is 10.0. The largest absolute Gasteiger partial charge is 0.320 e. The van der Waals surface area contributed by atoms with Crippen LogP contribution < -0.4 is 10.6 Å². The molecule has 11 heteroatoms. The average molecular weight is 724 g/mol. The van der Waals surface area contributed by atoms with E-state index in [0.29, 0.717) is 41.2 Å². The van der Waals surface area contributed by atoms with Crippen molar-refractivity contribution < 1.29 is 18.0 Å². The van der Waals surface area contributed by atoms with E-state index in [4.69, 9.17) is 0 Å². The van der Waals surface area contributed by atoms with Crippen LogP contribution in [0.3, 0.4) is 0 Å². The van der Waals surface area contributed by atoms with Gasteiger partial charge in [0, 0.05) is 29.5 Å². The Morgan fingerprint density at radius 3 is 1.44 bits per heavy atom. The fourth-order valence-electron chi connectivity index (χ4n) is 4.84. The molecule has 4 aromatic carbocycles. The summed E-state index contributed by atoms with van der Waals surface area (Å²) >= 11 is 9.75. The third-order valence-electron chi connectivity index (χ3n) is 6.80. The van der Waals surface area contributed by atoms with Gasteiger partial charge in [0.25, 0.3) is 11.8 Å². The molecule has 41 heavy (non-hydrogen) atoms. The molecule has 202 valence electrons. The van der Waals surface area contributed by atoms with Gasteiger partial charge in [-0.25, -0.2) is 8.42 Å². The summed E-state index contributed by atoms with van der Waals surface area (Å²) in [4.78, 5) is 27.3. The Labute approximate surface area is 259 Å². The van der Waals surface area contributed by atoms with Crippen LogP contribution in [0.15, 0.2) is 104 Å². The zero-order chi connectivity index (χ0) is 28.5. The van der Waals surface area contributed by atoms with Crippen LogP contribution in [0, 0.1) is 0 Å². The predicted octanol–water partition coefficient (Wildman–Crippen LogP) is 8.96. The Kier molecular flexibility index (Phi) is 6.40. The lowest BCUT2D eigenvalue weighted by Crippen LogP contribution is -2.11. The van der Waals surface area contributed by atoms with Crippen molar-refractivity contribution in [2.75, 3.05) is 10.6 Å². The summed E-state index contributed by atoms with van der Waals surface area (Å²) in [7, 11) is -3.92. The normalized spacial score (nSPS) is 13.2. The minimum atomic E-state index is -3.92. The van der Waals surface area contributed by atoms with Crippen molar-refractivity contribution in [3.63, 3.8) is 0 Å². The van der Waals surface area contributed by atoms with Crippen LogP contribution in [0.2, 0.25) is 0 Å². The highest BCUT2D eigenvalue weighted by molar-refractivity contribution is 9.11. The average Bonchev–Trinajstić information content (AvgIpc) is 3.63. The molecule has 0 saturated heterocycles. The number of nitrogens with one attached hydrogen (secondary N) is 2. The van der Waals surface area contributed by atoms with Crippen LogP contribution >= 0.6 is 54.5 Å². The molecule has 2 amide bonds. The Morgan fingerprint density at radius 1 is 0.610 bits per heavy atom. The molecule has 0 unspecified atom stereocenters. The molecule has 2 N–H and O–H groups in total. The number of hydrogen-bond acceptors (Lipinski definition) is 6. The molecule has 0 bridgehead atoms. The highest BCUT2D eigenvalue weighted by atomic mass is 79.9. The molecule has 2 aromatic heterocycles. The Morgan fingerprint density at radius 2 is 1.02 bits per heavy atom. The zero-order valence-corrected chi connectivity index (χ0v) is 26.3. The van der Waals surface area contributed by atoms with Gasteiger partial charge in [-0.3, -0.25) is 9.59 Å². The van der Waals surface area contributed by atoms with Gasteiger partial charge in [0.15, 0.2) is 0 Å². The third-order valence-corrected chi connectivity index (χ3v) is 12.2. The molecular formula is C30H16Br2N2O4S3. The summed E-state index contributed by atoms with van der Waals surface area (Å²) in [5.41, 5.74) is 1.71. The number of carbonyl (C=O) groups excluding carboxylic acids is 2. The SMILES string of the molecule is O=C(Nc1cc2c(cc1Br)-c1cc(Br)c(NC(=O)c3cc4ccccc4s3)cc1S2(=O)=O)c1cc2ccccc2s1. The number of anilines is 2. The lowest BCUT2D eigenvalue weighted by molar-refractivity contribution is 0.102. The van der Waals surface area contributed by atoms with Gasteiger partial charge in [-0.15, -0.1) is 22.7 Å². The van der Waals surface area contributed by atoms with Gasteiger partial charge in [0.2, 0.25) is 9.84 Å². The number of benzene rings is 4. The van der Waals surface area contributed by atoms with E-state index in [1.807, 2.05) is 60.7 Å². The molecular weight excluding hydrogens is 708 g/mol. The summed E-state index contributed by atoms with van der Waals surface area (Å²) in [5, 5.41) is 7.64. The van der Waals surface area contributed by atoms with Crippen LogP contribution in [-0.2, 0) is 9.84 Å². The van der Waals surface area contributed by atoms with E-state index in [1.54, 1.807) is 12.1 Å². The molecule has 1 aliphatic rings. The highest BCUT2D eigenvalue weighted by Crippen LogP contribution is 2.49. The van der Waals surface area contributed by atoms with Crippen LogP contribution in [0.1, 0.15) is 19.3 Å². The van der Waals surface area contributed by atoms with Gasteiger partial charge in [-0.1, -0.05) is 36.4 Å². The minimum Gasteiger partial charge on any atom is -0.320 e. The standard InChI is InChI=1S/C30H16Br2N2O4S3/c31-19-11-17-18-12-20(32)22(34-30(36)26-10-16-6-2-4-8-24(16)40-26)14-28(18)41(37,38)27(17)13-21(19)33-29(35)25-9-15-5-1-3-7-23(15)39-25/h1-14H,(H,33,35)(H,34,36). The number of carbonyl (C=O) groups is 2. The molecule has 0 fully saturated rings. The van der Waals surface area contributed by atoms with Gasteiger partial charge in [0.1, 0.15) is 0 Å². The number of halogens is 2. The number of hydrogen-bond donors (Lipinski definition) is 2. The smallest absolute Gasteiger partial charge is 0.265 e. The monoisotopic (exact) mass is 722 g/mol. The molecule has 0 aliphatic carbocycles. The van der Waals surface area contributed by atoms with Gasteiger partial charge in [-0.2, -0.15) is 0 Å². The minimum absolute atomic E-state index is 0.0854. The first kappa shape index (κ1) is 26.5. The molecule has 6 aromatic rings. The first-order valence-corrected chi connectivity index (χ1v) is 16.9. The summed E-state index contributed by atoms with van der Waals surface area (Å²) in [6, 6.07) is 25.4. The predicted molar refractivity (Wildman–Crippen MR) is 172 cm³/mol. The zero-order valence-electron chi connectivity index (χ0n) is 20.7. The van der Waals surface area contributed by atoms with E-state index < -0.39 is 9.84 Å². The second kappa shape index (κ2) is 9.88. The number of amides is 2. The molecule has 0 radical (unpaired) electrons. The maximum absolute atomic E-state index is 13.7. The van der Waals surface area contributed by atoms with E-state index in [2.05, 4.69) is 42.5 Å². The number of sulfone groups is 1. The van der Waals surface area contributed by atoms with Crippen LogP contribution in [0.25, 0.3) is 31.3 Å². The van der Waals surface area contributed by atoms with E-state index in [-0.39, 0.29) is 21.6 Å². The fourth-order valence-corrected chi connectivity index (χ4v) is 9.34. The van der Waals surface area contributed by atoms with Crippen LogP contribution in [0.5, 0.6) is 0 Å². The second-order valence-corrected chi connectivity index (χ2v) is 15.1. The summed E-state index contributed by atoms with van der Waals surface area (Å²) < 4.78 is 30.5. The molecule has 0 spiro atoms. The van der Waals surface area contributed by atoms with Crippen molar-refractivity contribution >= 4 is 108 Å². The fraction of sp³-hybridized carbons (Fsp3) is 0. The van der Waals surface area contributed by atoms with E-state index in [1.165, 1.54) is 34.8 Å². The maximum atomic E-state index is 13.7. The van der Waals surface area contributed by atoms with E-state index in [9.17, 15) is 18.0 Å². The van der Waals surface area contributed by atoms with Crippen molar-refractivity contribution in [3.05, 3.63) is 104 Å². The molecule has 6 nitrogen and oxygen atoms in total. The van der Waals surface area contributed by atoms with Gasteiger partial charge < -0.3 is 10.6 Å². The van der Waals surface area contributed by atoms with Crippen LogP contribution in [0.4, 0.5) is 11.4 Å². The first-order chi connectivity index (χ1) is 19.7. The number of rotatable bonds is 4. The Hall–Kier alpha value is -3.35. The van der Waals surface area contributed by atoms with Gasteiger partial charge in [0.05, 0.1) is 30.9 Å². The van der Waals surface area contributed by atoms with Crippen LogP contribution in [-0.4, -0.2) is 20.2 Å².